The second-order valence-electron chi connectivity index (χ2n) is 9.13. The first-order chi connectivity index (χ1) is 18.6. The van der Waals surface area contributed by atoms with Crippen molar-refractivity contribution in [3.8, 4) is 11.5 Å². The van der Waals surface area contributed by atoms with Crippen molar-refractivity contribution in [2.24, 2.45) is 0 Å². The van der Waals surface area contributed by atoms with Gasteiger partial charge in [0.2, 0.25) is 0 Å². The highest BCUT2D eigenvalue weighted by Crippen LogP contribution is 2.50. The molecule has 192 valence electrons. The van der Waals surface area contributed by atoms with Crippen LogP contribution >= 0.6 is 0 Å². The molecule has 0 bridgehead atoms. The maximum absolute atomic E-state index is 13.8. The number of nitrogens with zero attached hydrogens (tertiary/aromatic N) is 1. The van der Waals surface area contributed by atoms with Crippen molar-refractivity contribution in [3.63, 3.8) is 0 Å². The molecular weight excluding hydrogens is 474 g/mol. The third kappa shape index (κ3) is 4.52. The second kappa shape index (κ2) is 10.9. The number of rotatable bonds is 8. The highest BCUT2D eigenvalue weighted by Gasteiger charge is 2.49. The van der Waals surface area contributed by atoms with Gasteiger partial charge in [-0.2, -0.15) is 0 Å². The van der Waals surface area contributed by atoms with Gasteiger partial charge in [-0.1, -0.05) is 72.8 Å². The highest BCUT2D eigenvalue weighted by atomic mass is 16.5. The summed E-state index contributed by atoms with van der Waals surface area (Å²) in [6, 6.07) is 35.9. The van der Waals surface area contributed by atoms with E-state index in [1.807, 2.05) is 96.8 Å². The zero-order chi connectivity index (χ0) is 26.5. The molecule has 4 aromatic carbocycles. The number of hydrogen-bond donors (Lipinski definition) is 0. The number of cyclic esters (lactones) is 1. The molecule has 0 spiro atoms. The Bertz CT molecular complexity index is 1360. The molecule has 0 fully saturated rings. The maximum atomic E-state index is 13.8. The fourth-order valence-corrected chi connectivity index (χ4v) is 5.23. The lowest BCUT2D eigenvalue weighted by Gasteiger charge is -2.44. The average Bonchev–Trinajstić information content (AvgIpc) is 2.99. The van der Waals surface area contributed by atoms with Crippen molar-refractivity contribution in [1.82, 2.24) is 0 Å². The van der Waals surface area contributed by atoms with Crippen LogP contribution in [-0.2, 0) is 14.9 Å². The Labute approximate surface area is 223 Å². The number of likely N-dealkylation sites (N-methyl/N-ethyl adjacent to an activating group) is 1. The van der Waals surface area contributed by atoms with E-state index < -0.39 is 11.5 Å². The summed E-state index contributed by atoms with van der Waals surface area (Å²) >= 11 is 0. The van der Waals surface area contributed by atoms with E-state index in [9.17, 15) is 4.79 Å². The number of carbonyl (C=O) groups is 1. The predicted octanol–water partition coefficient (Wildman–Crippen LogP) is 6.70. The number of hydrogen-bond acceptors (Lipinski definition) is 5. The highest BCUT2D eigenvalue weighted by molar-refractivity contribution is 5.95. The van der Waals surface area contributed by atoms with Gasteiger partial charge in [-0.3, -0.25) is 0 Å². The molecule has 0 N–H and O–H groups in total. The quantitative estimate of drug-likeness (QED) is 0.250. The summed E-state index contributed by atoms with van der Waals surface area (Å²) in [5.41, 5.74) is 3.55. The Morgan fingerprint density at radius 2 is 1.24 bits per heavy atom. The molecule has 0 aliphatic carbocycles. The molecule has 0 saturated heterocycles. The lowest BCUT2D eigenvalue weighted by atomic mass is 9.67. The van der Waals surface area contributed by atoms with Crippen LogP contribution in [0.3, 0.4) is 0 Å². The molecule has 1 unspecified atom stereocenters. The minimum Gasteiger partial charge on any atom is -0.497 e. The smallest absolute Gasteiger partial charge is 0.355 e. The molecule has 5 rings (SSSR count). The zero-order valence-corrected chi connectivity index (χ0v) is 21.8. The molecule has 0 aromatic heterocycles. The molecule has 4 aromatic rings. The van der Waals surface area contributed by atoms with Crippen molar-refractivity contribution in [3.05, 3.63) is 138 Å². The lowest BCUT2D eigenvalue weighted by Crippen LogP contribution is -2.44. The van der Waals surface area contributed by atoms with Gasteiger partial charge < -0.3 is 19.1 Å². The number of methoxy groups -OCH3 is 2. The van der Waals surface area contributed by atoms with Crippen molar-refractivity contribution in [1.29, 1.82) is 0 Å². The zero-order valence-electron chi connectivity index (χ0n) is 21.8. The van der Waals surface area contributed by atoms with Crippen LogP contribution in [0.5, 0.6) is 11.5 Å². The summed E-state index contributed by atoms with van der Waals surface area (Å²) in [5, 5.41) is 0. The van der Waals surface area contributed by atoms with Gasteiger partial charge in [-0.25, -0.2) is 4.79 Å². The van der Waals surface area contributed by atoms with Crippen LogP contribution in [0.4, 0.5) is 5.69 Å². The van der Waals surface area contributed by atoms with Crippen LogP contribution < -0.4 is 14.4 Å². The van der Waals surface area contributed by atoms with Crippen LogP contribution in [0, 0.1) is 0 Å². The molecule has 0 saturated carbocycles. The van der Waals surface area contributed by atoms with Crippen LogP contribution in [0.2, 0.25) is 0 Å². The normalized spacial score (nSPS) is 16.2. The molecule has 5 nitrogen and oxygen atoms in total. The van der Waals surface area contributed by atoms with E-state index in [1.54, 1.807) is 14.2 Å². The van der Waals surface area contributed by atoms with E-state index >= 15 is 0 Å². The minimum atomic E-state index is -0.778. The largest absolute Gasteiger partial charge is 0.497 e. The second-order valence-corrected chi connectivity index (χ2v) is 9.13. The van der Waals surface area contributed by atoms with Gasteiger partial charge in [-0.05, 0) is 66.1 Å². The van der Waals surface area contributed by atoms with Gasteiger partial charge in [0, 0.05) is 12.2 Å². The monoisotopic (exact) mass is 505 g/mol. The lowest BCUT2D eigenvalue weighted by molar-refractivity contribution is -0.149. The summed E-state index contributed by atoms with van der Waals surface area (Å²) in [6.45, 7) is 2.61. The summed E-state index contributed by atoms with van der Waals surface area (Å²) in [7, 11) is 3.28. The predicted molar refractivity (Wildman–Crippen MR) is 150 cm³/mol. The Morgan fingerprint density at radius 1 is 0.737 bits per heavy atom. The van der Waals surface area contributed by atoms with E-state index in [0.717, 1.165) is 33.9 Å². The number of anilines is 1. The van der Waals surface area contributed by atoms with E-state index in [1.165, 1.54) is 0 Å². The van der Waals surface area contributed by atoms with Crippen LogP contribution in [0.25, 0.3) is 0 Å². The molecule has 0 radical (unpaired) electrons. The summed E-state index contributed by atoms with van der Waals surface area (Å²) < 4.78 is 17.2. The molecular formula is C33H31NO4. The van der Waals surface area contributed by atoms with Gasteiger partial charge in [0.25, 0.3) is 0 Å². The van der Waals surface area contributed by atoms with Crippen molar-refractivity contribution < 1.29 is 19.0 Å². The third-order valence-electron chi connectivity index (χ3n) is 7.12. The van der Waals surface area contributed by atoms with Crippen LogP contribution in [0.15, 0.2) is 121 Å². The van der Waals surface area contributed by atoms with Gasteiger partial charge in [0.05, 0.1) is 19.6 Å². The topological polar surface area (TPSA) is 48.0 Å². The Morgan fingerprint density at radius 3 is 1.71 bits per heavy atom. The number of benzene rings is 4. The SMILES string of the molecule is CCN(C1=CC(c2ccccc2)(c2ccccc2)C(c2ccc(OC)cc2)OC1=O)c1ccc(OC)cc1. The third-order valence-corrected chi connectivity index (χ3v) is 7.12. The molecule has 1 heterocycles. The number of esters is 1. The van der Waals surface area contributed by atoms with Gasteiger partial charge >= 0.3 is 5.97 Å². The molecule has 1 aliphatic heterocycles. The van der Waals surface area contributed by atoms with E-state index in [-0.39, 0.29) is 5.97 Å². The molecule has 38 heavy (non-hydrogen) atoms. The van der Waals surface area contributed by atoms with Crippen molar-refractivity contribution in [2.75, 3.05) is 25.7 Å². The first-order valence-corrected chi connectivity index (χ1v) is 12.7. The Balaban J connectivity index is 1.76. The van der Waals surface area contributed by atoms with E-state index in [0.29, 0.717) is 12.2 Å². The van der Waals surface area contributed by atoms with Crippen molar-refractivity contribution in [2.45, 2.75) is 18.4 Å². The van der Waals surface area contributed by atoms with Crippen LogP contribution in [0.1, 0.15) is 29.7 Å². The Kier molecular flexibility index (Phi) is 7.18. The van der Waals surface area contributed by atoms with Gasteiger partial charge in [0.15, 0.2) is 0 Å². The van der Waals surface area contributed by atoms with Crippen LogP contribution in [-0.4, -0.2) is 26.7 Å². The van der Waals surface area contributed by atoms with E-state index in [2.05, 4.69) is 30.3 Å². The van der Waals surface area contributed by atoms with Gasteiger partial charge in [0.1, 0.15) is 23.3 Å². The first-order valence-electron chi connectivity index (χ1n) is 12.7. The molecule has 5 heteroatoms. The molecule has 0 amide bonds. The molecule has 1 aliphatic rings. The van der Waals surface area contributed by atoms with E-state index in [4.69, 9.17) is 14.2 Å². The number of carbonyl (C=O) groups excluding carboxylic acids is 1. The first kappa shape index (κ1) is 25.2. The Hall–Kier alpha value is -4.51. The fourth-order valence-electron chi connectivity index (χ4n) is 5.23. The summed E-state index contributed by atoms with van der Waals surface area (Å²) in [6.07, 6.45) is 1.50. The minimum absolute atomic E-state index is 0.369. The van der Waals surface area contributed by atoms with Gasteiger partial charge in [-0.15, -0.1) is 0 Å². The van der Waals surface area contributed by atoms with Crippen molar-refractivity contribution >= 4 is 11.7 Å². The number of ether oxygens (including phenoxy) is 3. The standard InChI is InChI=1S/C33H31NO4/c1-4-34(27-17-21-29(37-3)22-18-27)30-23-33(25-11-7-5-8-12-25,26-13-9-6-10-14-26)31(38-32(30)35)24-15-19-28(36-2)20-16-24/h5-23,31H,4H2,1-3H3. The average molecular weight is 506 g/mol. The maximum Gasteiger partial charge on any atom is 0.355 e. The summed E-state index contributed by atoms with van der Waals surface area (Å²) in [5.74, 6) is 1.13. The molecule has 1 atom stereocenters. The summed E-state index contributed by atoms with van der Waals surface area (Å²) in [4.78, 5) is 15.8. The fraction of sp³-hybridized carbons (Fsp3) is 0.182.